The van der Waals surface area contributed by atoms with E-state index >= 15 is 0 Å². The number of amides is 1. The summed E-state index contributed by atoms with van der Waals surface area (Å²) in [5.41, 5.74) is 1.20. The third-order valence-corrected chi connectivity index (χ3v) is 3.96. The molecule has 23 heavy (non-hydrogen) atoms. The molecular weight excluding hydrogens is 316 g/mol. The Labute approximate surface area is 135 Å². The smallest absolute Gasteiger partial charge is 0.273 e. The summed E-state index contributed by atoms with van der Waals surface area (Å²) < 4.78 is 1.41. The maximum atomic E-state index is 12.0. The van der Waals surface area contributed by atoms with E-state index in [0.29, 0.717) is 11.6 Å². The van der Waals surface area contributed by atoms with Crippen molar-refractivity contribution in [2.24, 2.45) is 0 Å². The molecule has 3 aromatic rings. The second-order valence-electron chi connectivity index (χ2n) is 4.64. The van der Waals surface area contributed by atoms with Gasteiger partial charge in [-0.1, -0.05) is 46.9 Å². The standard InChI is InChI=1S/C14H14N6O2S/c21-7-6-20-9-11(16-19-20)13(22)15-8-12-17-18-14(23-12)10-4-2-1-3-5-10/h1-5,9,21H,6-8H2,(H,15,22). The van der Waals surface area contributed by atoms with Gasteiger partial charge in [0.05, 0.1) is 25.9 Å². The zero-order valence-corrected chi connectivity index (χ0v) is 12.9. The van der Waals surface area contributed by atoms with E-state index in [2.05, 4.69) is 25.8 Å². The number of hydrogen-bond acceptors (Lipinski definition) is 7. The summed E-state index contributed by atoms with van der Waals surface area (Å²) >= 11 is 1.43. The van der Waals surface area contributed by atoms with Crippen molar-refractivity contribution in [3.8, 4) is 10.6 Å². The molecule has 2 N–H and O–H groups in total. The summed E-state index contributed by atoms with van der Waals surface area (Å²) in [7, 11) is 0. The third kappa shape index (κ3) is 3.76. The molecule has 0 saturated carbocycles. The zero-order chi connectivity index (χ0) is 16.1. The van der Waals surface area contributed by atoms with Gasteiger partial charge in [-0.15, -0.1) is 15.3 Å². The average molecular weight is 330 g/mol. The lowest BCUT2D eigenvalue weighted by molar-refractivity contribution is 0.0945. The molecule has 0 bridgehead atoms. The highest BCUT2D eigenvalue weighted by atomic mass is 32.1. The summed E-state index contributed by atoms with van der Waals surface area (Å²) in [5.74, 6) is -0.342. The fourth-order valence-electron chi connectivity index (χ4n) is 1.88. The molecule has 2 heterocycles. The predicted molar refractivity (Wildman–Crippen MR) is 83.6 cm³/mol. The lowest BCUT2D eigenvalue weighted by Gasteiger charge is -1.98. The summed E-state index contributed by atoms with van der Waals surface area (Å²) in [5, 5.41) is 28.8. The third-order valence-electron chi connectivity index (χ3n) is 2.99. The molecule has 0 unspecified atom stereocenters. The highest BCUT2D eigenvalue weighted by Crippen LogP contribution is 2.22. The molecule has 0 spiro atoms. The van der Waals surface area contributed by atoms with Crippen LogP contribution in [-0.4, -0.2) is 42.8 Å². The molecule has 2 aromatic heterocycles. The number of aromatic nitrogens is 5. The van der Waals surface area contributed by atoms with Crippen LogP contribution in [0.15, 0.2) is 36.5 Å². The minimum atomic E-state index is -0.342. The van der Waals surface area contributed by atoms with Gasteiger partial charge in [0.15, 0.2) is 5.69 Å². The fraction of sp³-hybridized carbons (Fsp3) is 0.214. The Bertz CT molecular complexity index is 785. The minimum absolute atomic E-state index is 0.0581. The number of nitrogens with zero attached hydrogens (tertiary/aromatic N) is 5. The Morgan fingerprint density at radius 2 is 2.04 bits per heavy atom. The van der Waals surface area contributed by atoms with E-state index in [1.165, 1.54) is 22.2 Å². The molecule has 118 valence electrons. The zero-order valence-electron chi connectivity index (χ0n) is 12.1. The highest BCUT2D eigenvalue weighted by molar-refractivity contribution is 7.14. The normalized spacial score (nSPS) is 10.7. The first kappa shape index (κ1) is 15.3. The van der Waals surface area contributed by atoms with Crippen LogP contribution in [0.2, 0.25) is 0 Å². The number of nitrogens with one attached hydrogen (secondary N) is 1. The van der Waals surface area contributed by atoms with Crippen LogP contribution in [0.1, 0.15) is 15.5 Å². The van der Waals surface area contributed by atoms with Gasteiger partial charge in [-0.2, -0.15) is 0 Å². The minimum Gasteiger partial charge on any atom is -0.394 e. The molecule has 0 aliphatic carbocycles. The molecule has 9 heteroatoms. The molecule has 0 aliphatic heterocycles. The second kappa shape index (κ2) is 7.07. The van der Waals surface area contributed by atoms with Crippen LogP contribution < -0.4 is 5.32 Å². The van der Waals surface area contributed by atoms with Gasteiger partial charge < -0.3 is 10.4 Å². The first-order valence-electron chi connectivity index (χ1n) is 6.93. The molecule has 0 saturated heterocycles. The molecular formula is C14H14N6O2S. The van der Waals surface area contributed by atoms with E-state index in [0.717, 1.165) is 10.6 Å². The van der Waals surface area contributed by atoms with Crippen molar-refractivity contribution in [2.75, 3.05) is 6.61 Å². The monoisotopic (exact) mass is 330 g/mol. The van der Waals surface area contributed by atoms with Crippen LogP contribution in [0.4, 0.5) is 0 Å². The first-order chi connectivity index (χ1) is 11.3. The Morgan fingerprint density at radius 3 is 2.83 bits per heavy atom. The SMILES string of the molecule is O=C(NCc1nnc(-c2ccccc2)s1)c1cn(CCO)nn1. The Hall–Kier alpha value is -2.65. The largest absolute Gasteiger partial charge is 0.394 e. The van der Waals surface area contributed by atoms with E-state index in [9.17, 15) is 4.79 Å². The van der Waals surface area contributed by atoms with Crippen LogP contribution in [-0.2, 0) is 13.1 Å². The van der Waals surface area contributed by atoms with Gasteiger partial charge in [0.1, 0.15) is 10.0 Å². The van der Waals surface area contributed by atoms with Gasteiger partial charge in [0.2, 0.25) is 0 Å². The number of carbonyl (C=O) groups is 1. The highest BCUT2D eigenvalue weighted by Gasteiger charge is 2.12. The number of hydrogen-bond donors (Lipinski definition) is 2. The number of aliphatic hydroxyl groups excluding tert-OH is 1. The van der Waals surface area contributed by atoms with Gasteiger partial charge in [0, 0.05) is 5.56 Å². The quantitative estimate of drug-likeness (QED) is 0.690. The van der Waals surface area contributed by atoms with Crippen LogP contribution in [0.25, 0.3) is 10.6 Å². The van der Waals surface area contributed by atoms with E-state index in [1.54, 1.807) is 0 Å². The predicted octanol–water partition coefficient (Wildman–Crippen LogP) is 0.719. The van der Waals surface area contributed by atoms with Gasteiger partial charge in [-0.25, -0.2) is 4.68 Å². The molecule has 0 radical (unpaired) electrons. The lowest BCUT2D eigenvalue weighted by atomic mass is 10.2. The fourth-order valence-corrected chi connectivity index (χ4v) is 2.67. The van der Waals surface area contributed by atoms with E-state index in [-0.39, 0.29) is 24.8 Å². The van der Waals surface area contributed by atoms with Crippen LogP contribution in [0.5, 0.6) is 0 Å². The molecule has 0 atom stereocenters. The first-order valence-corrected chi connectivity index (χ1v) is 7.75. The molecule has 8 nitrogen and oxygen atoms in total. The van der Waals surface area contributed by atoms with Crippen molar-refractivity contribution < 1.29 is 9.90 Å². The summed E-state index contributed by atoms with van der Waals surface area (Å²) in [6.07, 6.45) is 1.49. The lowest BCUT2D eigenvalue weighted by Crippen LogP contribution is -2.23. The average Bonchev–Trinajstić information content (AvgIpc) is 3.23. The Balaban J connectivity index is 1.60. The van der Waals surface area contributed by atoms with Crippen LogP contribution in [0.3, 0.4) is 0 Å². The van der Waals surface area contributed by atoms with Crippen molar-refractivity contribution in [3.05, 3.63) is 47.2 Å². The number of aliphatic hydroxyl groups is 1. The molecule has 1 amide bonds. The maximum absolute atomic E-state index is 12.0. The Morgan fingerprint density at radius 1 is 1.22 bits per heavy atom. The van der Waals surface area contributed by atoms with Crippen molar-refractivity contribution in [1.29, 1.82) is 0 Å². The topological polar surface area (TPSA) is 106 Å². The molecule has 1 aromatic carbocycles. The van der Waals surface area contributed by atoms with Gasteiger partial charge in [-0.05, 0) is 0 Å². The summed E-state index contributed by atoms with van der Waals surface area (Å²) in [4.78, 5) is 12.0. The van der Waals surface area contributed by atoms with Crippen LogP contribution in [0, 0.1) is 0 Å². The molecule has 3 rings (SSSR count). The number of carbonyl (C=O) groups excluding carboxylic acids is 1. The van der Waals surface area contributed by atoms with E-state index < -0.39 is 0 Å². The molecule has 0 aliphatic rings. The van der Waals surface area contributed by atoms with E-state index in [1.807, 2.05) is 30.3 Å². The molecule has 0 fully saturated rings. The van der Waals surface area contributed by atoms with Crippen molar-refractivity contribution in [2.45, 2.75) is 13.1 Å². The van der Waals surface area contributed by atoms with Gasteiger partial charge >= 0.3 is 0 Å². The van der Waals surface area contributed by atoms with E-state index in [4.69, 9.17) is 5.11 Å². The van der Waals surface area contributed by atoms with Gasteiger partial charge in [0.25, 0.3) is 5.91 Å². The summed E-state index contributed by atoms with van der Waals surface area (Å²) in [6, 6.07) is 9.74. The van der Waals surface area contributed by atoms with Crippen LogP contribution >= 0.6 is 11.3 Å². The summed E-state index contributed by atoms with van der Waals surface area (Å²) in [6.45, 7) is 0.519. The second-order valence-corrected chi connectivity index (χ2v) is 5.70. The number of rotatable bonds is 6. The van der Waals surface area contributed by atoms with Crippen molar-refractivity contribution in [1.82, 2.24) is 30.5 Å². The Kier molecular flexibility index (Phi) is 4.69. The number of benzene rings is 1. The van der Waals surface area contributed by atoms with Gasteiger partial charge in [-0.3, -0.25) is 4.79 Å². The van der Waals surface area contributed by atoms with Crippen molar-refractivity contribution >= 4 is 17.2 Å². The maximum Gasteiger partial charge on any atom is 0.273 e. The van der Waals surface area contributed by atoms with Crippen molar-refractivity contribution in [3.63, 3.8) is 0 Å².